The molecule has 4 heterocycles. The molecule has 3 unspecified atom stereocenters. The van der Waals surface area contributed by atoms with Crippen LogP contribution in [0.1, 0.15) is 57.9 Å². The zero-order valence-electron chi connectivity index (χ0n) is 22.4. The van der Waals surface area contributed by atoms with E-state index < -0.39 is 12.1 Å². The molecule has 4 aliphatic rings. The van der Waals surface area contributed by atoms with Crippen LogP contribution in [0.25, 0.3) is 0 Å². The van der Waals surface area contributed by atoms with Crippen molar-refractivity contribution in [1.29, 1.82) is 0 Å². The van der Waals surface area contributed by atoms with Crippen LogP contribution in [0.5, 0.6) is 0 Å². The number of amides is 5. The molecule has 10 nitrogen and oxygen atoms in total. The van der Waals surface area contributed by atoms with Gasteiger partial charge in [-0.3, -0.25) is 14.4 Å². The number of β-lactam (4-membered cyclic amide) rings is 1. The molecular formula is C28H37N5O5S. The maximum atomic E-state index is 12.5. The number of anilines is 1. The number of aldehydes is 1. The van der Waals surface area contributed by atoms with Gasteiger partial charge in [-0.25, -0.2) is 4.79 Å². The summed E-state index contributed by atoms with van der Waals surface area (Å²) in [6.07, 6.45) is 5.46. The van der Waals surface area contributed by atoms with E-state index in [0.717, 1.165) is 42.6 Å². The summed E-state index contributed by atoms with van der Waals surface area (Å²) in [4.78, 5) is 62.0. The quantitative estimate of drug-likeness (QED) is 0.143. The highest BCUT2D eigenvalue weighted by Crippen LogP contribution is 2.45. The van der Waals surface area contributed by atoms with E-state index in [-0.39, 0.29) is 53.7 Å². The van der Waals surface area contributed by atoms with Crippen LogP contribution in [0.4, 0.5) is 10.5 Å². The number of fused-ring (bicyclic) bond motifs is 2. The van der Waals surface area contributed by atoms with Crippen LogP contribution in [-0.4, -0.2) is 76.2 Å². The van der Waals surface area contributed by atoms with Gasteiger partial charge in [-0.1, -0.05) is 32.4 Å². The summed E-state index contributed by atoms with van der Waals surface area (Å²) >= 11 is 1.88. The summed E-state index contributed by atoms with van der Waals surface area (Å²) in [5, 5.41) is 12.1. The smallest absolute Gasteiger partial charge is 0.315 e. The van der Waals surface area contributed by atoms with Crippen LogP contribution in [-0.2, 0) is 25.6 Å². The van der Waals surface area contributed by atoms with Crippen LogP contribution in [0.15, 0.2) is 24.3 Å². The number of nitrogens with one attached hydrogen (secondary N) is 4. The fourth-order valence-electron chi connectivity index (χ4n) is 6.33. The maximum Gasteiger partial charge on any atom is 0.315 e. The van der Waals surface area contributed by atoms with Crippen LogP contribution >= 0.6 is 11.8 Å². The van der Waals surface area contributed by atoms with Gasteiger partial charge in [0.15, 0.2) is 0 Å². The Morgan fingerprint density at radius 1 is 1.10 bits per heavy atom. The van der Waals surface area contributed by atoms with Gasteiger partial charge in [0.25, 0.3) is 0 Å². The van der Waals surface area contributed by atoms with Crippen molar-refractivity contribution in [3.8, 4) is 0 Å². The lowest BCUT2D eigenvalue weighted by Gasteiger charge is -2.44. The average Bonchev–Trinajstić information content (AvgIpc) is 3.53. The van der Waals surface area contributed by atoms with Crippen LogP contribution in [0, 0.1) is 5.41 Å². The molecule has 0 spiro atoms. The molecule has 5 amide bonds. The van der Waals surface area contributed by atoms with E-state index in [0.29, 0.717) is 24.5 Å². The fourth-order valence-corrected chi connectivity index (χ4v) is 7.87. The number of carbonyl (C=O) groups is 5. The molecule has 39 heavy (non-hydrogen) atoms. The highest BCUT2D eigenvalue weighted by atomic mass is 32.2. The second-order valence-corrected chi connectivity index (χ2v) is 13.0. The van der Waals surface area contributed by atoms with Crippen LogP contribution in [0.2, 0.25) is 0 Å². The van der Waals surface area contributed by atoms with E-state index in [1.807, 2.05) is 49.9 Å². The van der Waals surface area contributed by atoms with Gasteiger partial charge in [0.1, 0.15) is 12.3 Å². The second kappa shape index (κ2) is 11.2. The Labute approximate surface area is 232 Å². The Morgan fingerprint density at radius 2 is 1.87 bits per heavy atom. The largest absolute Gasteiger partial charge is 0.342 e. The number of benzene rings is 1. The summed E-state index contributed by atoms with van der Waals surface area (Å²) in [6, 6.07) is 6.72. The molecule has 4 fully saturated rings. The predicted molar refractivity (Wildman–Crippen MR) is 148 cm³/mol. The number of thioether (sulfide) groups is 1. The monoisotopic (exact) mass is 555 g/mol. The minimum atomic E-state index is -0.547. The summed E-state index contributed by atoms with van der Waals surface area (Å²) in [7, 11) is 0. The van der Waals surface area contributed by atoms with E-state index in [9.17, 15) is 24.0 Å². The summed E-state index contributed by atoms with van der Waals surface area (Å²) in [5.74, 6) is 0.550. The SMILES string of the molecule is CC1(C)C[C@@H]2[C@H](NC(=O)CCc3ccc(NC(=O)CCCCC4SCC5NC(=O)NC54)cc3)C(=O)N2[C@H]1C=O. The van der Waals surface area contributed by atoms with Crippen molar-refractivity contribution in [2.24, 2.45) is 5.41 Å². The molecule has 0 aliphatic carbocycles. The molecule has 0 radical (unpaired) electrons. The minimum absolute atomic E-state index is 0.0268. The number of aryl methyl sites for hydroxylation is 1. The lowest BCUT2D eigenvalue weighted by molar-refractivity contribution is -0.155. The van der Waals surface area contributed by atoms with Gasteiger partial charge in [0.2, 0.25) is 17.7 Å². The fraction of sp³-hybridized carbons (Fsp3) is 0.607. The Bertz CT molecular complexity index is 1140. The molecule has 5 rings (SSSR count). The third-order valence-electron chi connectivity index (χ3n) is 8.50. The predicted octanol–water partition coefficient (Wildman–Crippen LogP) is 1.98. The van der Waals surface area contributed by atoms with Crippen molar-refractivity contribution in [2.45, 2.75) is 94.3 Å². The molecule has 4 saturated heterocycles. The maximum absolute atomic E-state index is 12.5. The van der Waals surface area contributed by atoms with Crippen molar-refractivity contribution < 1.29 is 24.0 Å². The lowest BCUT2D eigenvalue weighted by Crippen LogP contribution is -2.70. The molecule has 4 N–H and O–H groups in total. The van der Waals surface area contributed by atoms with Crippen molar-refractivity contribution >= 4 is 47.5 Å². The first-order valence-electron chi connectivity index (χ1n) is 13.8. The van der Waals surface area contributed by atoms with E-state index in [1.54, 1.807) is 4.90 Å². The third kappa shape index (κ3) is 5.78. The van der Waals surface area contributed by atoms with Crippen LogP contribution in [0.3, 0.4) is 0 Å². The number of hydrogen-bond acceptors (Lipinski definition) is 6. The Kier molecular flexibility index (Phi) is 7.89. The minimum Gasteiger partial charge on any atom is -0.342 e. The van der Waals surface area contributed by atoms with Crippen molar-refractivity contribution in [3.05, 3.63) is 29.8 Å². The zero-order valence-corrected chi connectivity index (χ0v) is 23.2. The van der Waals surface area contributed by atoms with Crippen molar-refractivity contribution in [2.75, 3.05) is 11.1 Å². The van der Waals surface area contributed by atoms with Gasteiger partial charge in [-0.15, -0.1) is 0 Å². The molecule has 1 aromatic carbocycles. The number of urea groups is 1. The summed E-state index contributed by atoms with van der Waals surface area (Å²) in [6.45, 7) is 3.95. The molecule has 4 aliphatic heterocycles. The molecule has 210 valence electrons. The first-order chi connectivity index (χ1) is 18.7. The van der Waals surface area contributed by atoms with E-state index in [2.05, 4.69) is 21.3 Å². The number of carbonyl (C=O) groups excluding carboxylic acids is 5. The first-order valence-corrected chi connectivity index (χ1v) is 14.9. The number of rotatable bonds is 11. The number of hydrogen-bond donors (Lipinski definition) is 4. The molecular weight excluding hydrogens is 518 g/mol. The summed E-state index contributed by atoms with van der Waals surface area (Å²) < 4.78 is 0. The normalized spacial score (nSPS) is 30.1. The average molecular weight is 556 g/mol. The Morgan fingerprint density at radius 3 is 2.62 bits per heavy atom. The van der Waals surface area contributed by atoms with Gasteiger partial charge in [0, 0.05) is 29.5 Å². The topological polar surface area (TPSA) is 137 Å². The number of unbranched alkanes of at least 4 members (excludes halogenated alkanes) is 1. The molecule has 0 bridgehead atoms. The summed E-state index contributed by atoms with van der Waals surface area (Å²) in [5.41, 5.74) is 1.40. The highest BCUT2D eigenvalue weighted by molar-refractivity contribution is 8.00. The van der Waals surface area contributed by atoms with Gasteiger partial charge < -0.3 is 31.0 Å². The number of nitrogens with zero attached hydrogens (tertiary/aromatic N) is 1. The van der Waals surface area contributed by atoms with Crippen LogP contribution < -0.4 is 21.3 Å². The van der Waals surface area contributed by atoms with E-state index in [1.165, 1.54) is 0 Å². The molecule has 1 aromatic rings. The van der Waals surface area contributed by atoms with Crippen molar-refractivity contribution in [3.63, 3.8) is 0 Å². The lowest BCUT2D eigenvalue weighted by atomic mass is 9.84. The molecule has 0 saturated carbocycles. The molecule has 11 heteroatoms. The Hall–Kier alpha value is -3.08. The Balaban J connectivity index is 0.984. The third-order valence-corrected chi connectivity index (χ3v) is 10.0. The molecule has 0 aromatic heterocycles. The van der Waals surface area contributed by atoms with E-state index >= 15 is 0 Å². The van der Waals surface area contributed by atoms with E-state index in [4.69, 9.17) is 0 Å². The van der Waals surface area contributed by atoms with Crippen molar-refractivity contribution in [1.82, 2.24) is 20.9 Å². The van der Waals surface area contributed by atoms with Gasteiger partial charge >= 0.3 is 6.03 Å². The second-order valence-electron chi connectivity index (χ2n) is 11.7. The van der Waals surface area contributed by atoms with Gasteiger partial charge in [0.05, 0.1) is 24.2 Å². The van der Waals surface area contributed by atoms with Gasteiger partial charge in [-0.05, 0) is 48.8 Å². The molecule has 6 atom stereocenters. The first kappa shape index (κ1) is 27.5. The standard InChI is InChI=1S/C28H37N5O5S/c1-28(2)13-19-25(26(37)33(19)21(28)14-34)31-23(36)12-9-16-7-10-17(11-8-16)29-22(35)6-4-3-5-20-24-18(15-39-20)30-27(38)32-24/h7-8,10-11,14,18-21,24-25H,3-6,9,12-13,15H2,1-2H3,(H,29,35)(H,31,36)(H2,30,32,38)/t18?,19-,20?,21+,24?,25+/m1/s1. The highest BCUT2D eigenvalue weighted by Gasteiger charge is 2.60. The zero-order chi connectivity index (χ0) is 27.7. The van der Waals surface area contributed by atoms with Gasteiger partial charge in [-0.2, -0.15) is 11.8 Å².